The van der Waals surface area contributed by atoms with Gasteiger partial charge in [-0.15, -0.1) is 12.4 Å². The third-order valence-corrected chi connectivity index (χ3v) is 4.03. The van der Waals surface area contributed by atoms with E-state index in [1.54, 1.807) is 24.3 Å². The van der Waals surface area contributed by atoms with E-state index in [1.807, 2.05) is 0 Å². The van der Waals surface area contributed by atoms with E-state index in [9.17, 15) is 9.59 Å². The van der Waals surface area contributed by atoms with Crippen LogP contribution in [0.1, 0.15) is 48.9 Å². The van der Waals surface area contributed by atoms with Gasteiger partial charge in [-0.25, -0.2) is 4.79 Å². The van der Waals surface area contributed by atoms with Gasteiger partial charge in [0, 0.05) is 11.3 Å². The van der Waals surface area contributed by atoms with Crippen LogP contribution >= 0.6 is 12.4 Å². The molecule has 22 heavy (non-hydrogen) atoms. The lowest BCUT2D eigenvalue weighted by Crippen LogP contribution is -2.54. The van der Waals surface area contributed by atoms with Crippen molar-refractivity contribution in [2.45, 2.75) is 44.1 Å². The molecule has 1 aromatic rings. The predicted octanol–water partition coefficient (Wildman–Crippen LogP) is 2.69. The minimum Gasteiger partial charge on any atom is -0.467 e. The van der Waals surface area contributed by atoms with Crippen molar-refractivity contribution in [1.29, 1.82) is 0 Å². The maximum Gasteiger partial charge on any atom is 0.331 e. The summed E-state index contributed by atoms with van der Waals surface area (Å²) in [7, 11) is 1.36. The van der Waals surface area contributed by atoms with Crippen LogP contribution in [0.25, 0.3) is 0 Å². The number of carbonyl (C=O) groups is 2. The lowest BCUT2D eigenvalue weighted by molar-refractivity contribution is -0.148. The van der Waals surface area contributed by atoms with E-state index >= 15 is 0 Å². The number of carbonyl (C=O) groups excluding carboxylic acids is 2. The van der Waals surface area contributed by atoms with Gasteiger partial charge >= 0.3 is 5.97 Å². The van der Waals surface area contributed by atoms with Crippen LogP contribution in [-0.2, 0) is 9.53 Å². The van der Waals surface area contributed by atoms with Crippen LogP contribution in [0.3, 0.4) is 0 Å². The largest absolute Gasteiger partial charge is 0.467 e. The smallest absolute Gasteiger partial charge is 0.331 e. The van der Waals surface area contributed by atoms with Crippen LogP contribution in [0.4, 0.5) is 5.69 Å². The molecular formula is C16H23ClN2O3. The Morgan fingerprint density at radius 3 is 2.36 bits per heavy atom. The molecule has 0 heterocycles. The SMILES string of the molecule is COC(=O)C1(NC(=O)c2cccc(N)c2)CCCCCC1.Cl. The highest BCUT2D eigenvalue weighted by atomic mass is 35.5. The Hall–Kier alpha value is -1.75. The Kier molecular flexibility index (Phi) is 6.68. The van der Waals surface area contributed by atoms with Crippen molar-refractivity contribution in [1.82, 2.24) is 5.32 Å². The second-order valence-electron chi connectivity index (χ2n) is 5.57. The van der Waals surface area contributed by atoms with Gasteiger partial charge in [0.1, 0.15) is 5.54 Å². The molecule has 1 aliphatic carbocycles. The summed E-state index contributed by atoms with van der Waals surface area (Å²) in [6, 6.07) is 6.74. The molecule has 0 radical (unpaired) electrons. The minimum atomic E-state index is -0.910. The van der Waals surface area contributed by atoms with Crippen LogP contribution in [0.2, 0.25) is 0 Å². The van der Waals surface area contributed by atoms with Crippen molar-refractivity contribution in [2.24, 2.45) is 0 Å². The quantitative estimate of drug-likeness (QED) is 0.508. The summed E-state index contributed by atoms with van der Waals surface area (Å²) in [6.45, 7) is 0. The molecule has 1 aromatic carbocycles. The van der Waals surface area contributed by atoms with Crippen molar-refractivity contribution < 1.29 is 14.3 Å². The maximum absolute atomic E-state index is 12.4. The summed E-state index contributed by atoms with van der Waals surface area (Å²) < 4.78 is 4.93. The van der Waals surface area contributed by atoms with Gasteiger partial charge in [-0.2, -0.15) is 0 Å². The molecule has 0 atom stereocenters. The number of benzene rings is 1. The molecule has 0 saturated heterocycles. The fourth-order valence-corrected chi connectivity index (χ4v) is 2.88. The fourth-order valence-electron chi connectivity index (χ4n) is 2.88. The van der Waals surface area contributed by atoms with Crippen molar-refractivity contribution in [3.63, 3.8) is 0 Å². The number of esters is 1. The second-order valence-corrected chi connectivity index (χ2v) is 5.57. The molecule has 0 spiro atoms. The van der Waals surface area contributed by atoms with Crippen molar-refractivity contribution in [3.05, 3.63) is 29.8 Å². The van der Waals surface area contributed by atoms with Gasteiger partial charge in [-0.1, -0.05) is 31.7 Å². The van der Waals surface area contributed by atoms with Crippen molar-refractivity contribution >= 4 is 30.0 Å². The number of amides is 1. The molecular weight excluding hydrogens is 304 g/mol. The molecule has 1 fully saturated rings. The number of ether oxygens (including phenoxy) is 1. The number of hydrogen-bond donors (Lipinski definition) is 2. The third kappa shape index (κ3) is 4.13. The molecule has 0 aromatic heterocycles. The Bertz CT molecular complexity index is 526. The summed E-state index contributed by atoms with van der Waals surface area (Å²) in [5.41, 5.74) is 5.78. The minimum absolute atomic E-state index is 0. The zero-order valence-corrected chi connectivity index (χ0v) is 13.6. The van der Waals surface area contributed by atoms with E-state index < -0.39 is 5.54 Å². The molecule has 1 aliphatic rings. The first kappa shape index (κ1) is 18.3. The average Bonchev–Trinajstić information content (AvgIpc) is 2.73. The molecule has 6 heteroatoms. The molecule has 1 amide bonds. The van der Waals surface area contributed by atoms with E-state index in [-0.39, 0.29) is 24.3 Å². The number of methoxy groups -OCH3 is 1. The highest BCUT2D eigenvalue weighted by Crippen LogP contribution is 2.28. The zero-order chi connectivity index (χ0) is 15.3. The summed E-state index contributed by atoms with van der Waals surface area (Å²) in [5, 5.41) is 2.90. The van der Waals surface area contributed by atoms with Crippen LogP contribution < -0.4 is 11.1 Å². The van der Waals surface area contributed by atoms with E-state index in [0.717, 1.165) is 25.7 Å². The zero-order valence-electron chi connectivity index (χ0n) is 12.8. The summed E-state index contributed by atoms with van der Waals surface area (Å²) in [6.07, 6.45) is 5.21. The van der Waals surface area contributed by atoms with E-state index in [0.29, 0.717) is 24.1 Å². The molecule has 0 unspecified atom stereocenters. The average molecular weight is 327 g/mol. The normalized spacial score (nSPS) is 16.8. The predicted molar refractivity (Wildman–Crippen MR) is 88.0 cm³/mol. The number of nitrogens with one attached hydrogen (secondary N) is 1. The third-order valence-electron chi connectivity index (χ3n) is 4.03. The summed E-state index contributed by atoms with van der Waals surface area (Å²) >= 11 is 0. The van der Waals surface area contributed by atoms with Gasteiger partial charge in [-0.3, -0.25) is 4.79 Å². The molecule has 1 saturated carbocycles. The van der Waals surface area contributed by atoms with Gasteiger partial charge in [0.2, 0.25) is 0 Å². The van der Waals surface area contributed by atoms with Gasteiger partial charge in [0.15, 0.2) is 0 Å². The van der Waals surface area contributed by atoms with Crippen LogP contribution in [0.15, 0.2) is 24.3 Å². The highest BCUT2D eigenvalue weighted by Gasteiger charge is 2.41. The van der Waals surface area contributed by atoms with Crippen LogP contribution in [-0.4, -0.2) is 24.5 Å². The first-order valence-corrected chi connectivity index (χ1v) is 7.34. The number of nitrogens with two attached hydrogens (primary N) is 1. The Morgan fingerprint density at radius 1 is 1.18 bits per heavy atom. The van der Waals surface area contributed by atoms with E-state index in [1.165, 1.54) is 7.11 Å². The highest BCUT2D eigenvalue weighted by molar-refractivity contribution is 5.98. The second kappa shape index (κ2) is 8.03. The van der Waals surface area contributed by atoms with Gasteiger partial charge in [0.05, 0.1) is 7.11 Å². The Balaban J connectivity index is 0.00000242. The molecule has 0 bridgehead atoms. The Labute approximate surface area is 137 Å². The first-order valence-electron chi connectivity index (χ1n) is 7.34. The number of rotatable bonds is 3. The van der Waals surface area contributed by atoms with E-state index in [2.05, 4.69) is 5.32 Å². The number of nitrogen functional groups attached to an aromatic ring is 1. The van der Waals surface area contributed by atoms with Crippen LogP contribution in [0.5, 0.6) is 0 Å². The maximum atomic E-state index is 12.4. The van der Waals surface area contributed by atoms with Crippen molar-refractivity contribution in [2.75, 3.05) is 12.8 Å². The summed E-state index contributed by atoms with van der Waals surface area (Å²) in [4.78, 5) is 24.6. The van der Waals surface area contributed by atoms with Gasteiger partial charge in [0.25, 0.3) is 5.91 Å². The first-order chi connectivity index (χ1) is 10.1. The molecule has 0 aliphatic heterocycles. The number of halogens is 1. The van der Waals surface area contributed by atoms with Crippen molar-refractivity contribution in [3.8, 4) is 0 Å². The summed E-state index contributed by atoms with van der Waals surface area (Å²) in [5.74, 6) is -0.642. The van der Waals surface area contributed by atoms with Gasteiger partial charge < -0.3 is 15.8 Å². The monoisotopic (exact) mass is 326 g/mol. The molecule has 3 N–H and O–H groups in total. The number of hydrogen-bond acceptors (Lipinski definition) is 4. The molecule has 5 nitrogen and oxygen atoms in total. The Morgan fingerprint density at radius 2 is 1.82 bits per heavy atom. The van der Waals surface area contributed by atoms with Gasteiger partial charge in [-0.05, 0) is 31.0 Å². The fraction of sp³-hybridized carbons (Fsp3) is 0.500. The van der Waals surface area contributed by atoms with E-state index in [4.69, 9.17) is 10.5 Å². The lowest BCUT2D eigenvalue weighted by Gasteiger charge is -2.30. The standard InChI is InChI=1S/C16H22N2O3.ClH/c1-21-15(20)16(9-4-2-3-5-10-16)18-14(19)12-7-6-8-13(17)11-12;/h6-8,11H,2-5,9-10,17H2,1H3,(H,18,19);1H. The number of anilines is 1. The lowest BCUT2D eigenvalue weighted by atomic mass is 9.89. The molecule has 2 rings (SSSR count). The van der Waals surface area contributed by atoms with Crippen LogP contribution in [0, 0.1) is 0 Å². The molecule has 122 valence electrons. The topological polar surface area (TPSA) is 81.4 Å².